The number of hydrogen-bond acceptors (Lipinski definition) is 8. The van der Waals surface area contributed by atoms with Crippen LogP contribution in [-0.2, 0) is 38.4 Å². The number of carboxylic acid groups (broad SMARTS) is 6. The van der Waals surface area contributed by atoms with Gasteiger partial charge in [-0.05, 0) is 51.4 Å². The van der Waals surface area contributed by atoms with Gasteiger partial charge in [-0.1, -0.05) is 84.0 Å². The van der Waals surface area contributed by atoms with Gasteiger partial charge in [-0.2, -0.15) is 0 Å². The van der Waals surface area contributed by atoms with Gasteiger partial charge >= 0.3 is 35.8 Å². The minimum absolute atomic E-state index is 0.213. The van der Waals surface area contributed by atoms with Gasteiger partial charge in [-0.15, -0.1) is 0 Å². The van der Waals surface area contributed by atoms with Gasteiger partial charge in [0.1, 0.15) is 0 Å². The lowest BCUT2D eigenvalue weighted by Gasteiger charge is -2.39. The lowest BCUT2D eigenvalue weighted by atomic mass is 9.83. The Morgan fingerprint density at radius 3 is 0.845 bits per heavy atom. The smallest absolute Gasteiger partial charge is 0.303 e. The molecule has 17 nitrogen and oxygen atoms in total. The van der Waals surface area contributed by atoms with E-state index < -0.39 is 97.2 Å². The number of likely N-dealkylation sites (N-methyl/N-ethyl adjacent to an activating group) is 1. The maximum Gasteiger partial charge on any atom is 0.303 e. The number of rotatable bonds is 39. The third-order valence-corrected chi connectivity index (χ3v) is 10.8. The molecule has 0 fully saturated rings. The fourth-order valence-corrected chi connectivity index (χ4v) is 7.47. The molecule has 0 aromatic carbocycles. The monoisotopic (exact) mass is 831 g/mol. The first-order valence-corrected chi connectivity index (χ1v) is 21.0. The van der Waals surface area contributed by atoms with Gasteiger partial charge in [0.15, 0.2) is 13.1 Å². The highest BCUT2D eigenvalue weighted by molar-refractivity contribution is 5.81. The van der Waals surface area contributed by atoms with Crippen molar-refractivity contribution < 1.29 is 73.5 Å². The molecule has 0 rings (SSSR count). The highest BCUT2D eigenvalue weighted by atomic mass is 16.4. The molecule has 0 aliphatic heterocycles. The van der Waals surface area contributed by atoms with E-state index in [1.165, 1.54) is 51.4 Å². The summed E-state index contributed by atoms with van der Waals surface area (Å²) in [6.07, 6.45) is 11.3. The second kappa shape index (κ2) is 29.9. The first kappa shape index (κ1) is 53.7. The van der Waals surface area contributed by atoms with Gasteiger partial charge < -0.3 is 45.8 Å². The van der Waals surface area contributed by atoms with E-state index in [9.17, 15) is 69.0 Å². The van der Waals surface area contributed by atoms with Gasteiger partial charge in [0.05, 0.1) is 13.6 Å². The van der Waals surface area contributed by atoms with E-state index >= 15 is 0 Å². The molecule has 17 heteroatoms. The van der Waals surface area contributed by atoms with Crippen LogP contribution in [0.5, 0.6) is 0 Å². The molecule has 58 heavy (non-hydrogen) atoms. The van der Waals surface area contributed by atoms with Crippen molar-refractivity contribution in [3.63, 3.8) is 0 Å². The summed E-state index contributed by atoms with van der Waals surface area (Å²) in [7, 11) is 1.64. The average Bonchev–Trinajstić information content (AvgIpc) is 3.12. The number of carbonyl (C=O) groups is 8. The topological polar surface area (TPSA) is 282 Å². The number of hydrogen-bond donors (Lipinski definition) is 8. The fraction of sp³-hybridized carbons (Fsp3) is 0.805. The molecule has 0 aromatic rings. The summed E-state index contributed by atoms with van der Waals surface area (Å²) in [6.45, 7) is 1.80. The summed E-state index contributed by atoms with van der Waals surface area (Å²) in [5.74, 6) is -8.69. The SMILES string of the molecule is CCCCCCCCCCCCCCCC[N+](C)(CC(=O)NC(CCC(=O)O)(CCC(=O)O)CCC(=O)O)CC(=O)NC(CCC(=O)O)(CCC(=O)O)CCC(=O)O. The maximum absolute atomic E-state index is 13.9. The van der Waals surface area contributed by atoms with Crippen molar-refractivity contribution >= 4 is 47.6 Å². The third-order valence-electron chi connectivity index (χ3n) is 10.8. The van der Waals surface area contributed by atoms with E-state index in [-0.39, 0.29) is 56.1 Å². The number of aliphatic carboxylic acids is 6. The van der Waals surface area contributed by atoms with E-state index in [0.29, 0.717) is 13.0 Å². The van der Waals surface area contributed by atoms with Gasteiger partial charge in [0, 0.05) is 49.6 Å². The number of quaternary nitrogens is 1. The van der Waals surface area contributed by atoms with E-state index in [0.717, 1.165) is 32.1 Å². The summed E-state index contributed by atoms with van der Waals surface area (Å²) in [5, 5.41) is 62.0. The molecule has 0 unspecified atom stereocenters. The molecule has 334 valence electrons. The number of carboxylic acids is 6. The van der Waals surface area contributed by atoms with Crippen molar-refractivity contribution in [2.24, 2.45) is 0 Å². The van der Waals surface area contributed by atoms with Crippen LogP contribution in [0.1, 0.15) is 174 Å². The first-order valence-electron chi connectivity index (χ1n) is 21.0. The number of unbranched alkanes of at least 4 members (excludes halogenated alkanes) is 13. The van der Waals surface area contributed by atoms with Crippen LogP contribution in [0.3, 0.4) is 0 Å². The molecule has 0 aliphatic carbocycles. The Bertz CT molecular complexity index is 1140. The zero-order chi connectivity index (χ0) is 44.0. The molecule has 0 radical (unpaired) electrons. The number of amides is 2. The normalized spacial score (nSPS) is 11.8. The van der Waals surface area contributed by atoms with Crippen molar-refractivity contribution in [2.45, 2.75) is 185 Å². The van der Waals surface area contributed by atoms with Crippen LogP contribution in [0.4, 0.5) is 0 Å². The van der Waals surface area contributed by atoms with Gasteiger partial charge in [-0.25, -0.2) is 0 Å². The number of nitrogens with one attached hydrogen (secondary N) is 2. The van der Waals surface area contributed by atoms with Crippen molar-refractivity contribution in [1.29, 1.82) is 0 Å². The van der Waals surface area contributed by atoms with E-state index in [1.54, 1.807) is 7.05 Å². The molecule has 0 aliphatic rings. The number of nitrogens with zero attached hydrogens (tertiary/aromatic N) is 1. The molecule has 0 saturated heterocycles. The van der Waals surface area contributed by atoms with Crippen LogP contribution >= 0.6 is 0 Å². The minimum Gasteiger partial charge on any atom is -0.481 e. The Balaban J connectivity index is 6.16. The molecule has 0 saturated carbocycles. The van der Waals surface area contributed by atoms with Gasteiger partial charge in [0.25, 0.3) is 11.8 Å². The second-order valence-electron chi connectivity index (χ2n) is 16.3. The molecule has 0 spiro atoms. The quantitative estimate of drug-likeness (QED) is 0.0268. The lowest BCUT2D eigenvalue weighted by Crippen LogP contribution is -2.60. The molecule has 0 aromatic heterocycles. The Kier molecular flexibility index (Phi) is 27.7. The summed E-state index contributed by atoms with van der Waals surface area (Å²) in [6, 6.07) is 0. The van der Waals surface area contributed by atoms with Crippen molar-refractivity contribution in [3.05, 3.63) is 0 Å². The summed E-state index contributed by atoms with van der Waals surface area (Å²) >= 11 is 0. The fourth-order valence-electron chi connectivity index (χ4n) is 7.47. The standard InChI is InChI=1S/C41H71N3O14/c1-3-4-5-6-7-8-9-10-11-12-13-14-15-16-29-44(2,30-32(45)42-40(23-17-34(47)48,24-18-35(49)50)25-19-36(51)52)31-33(46)43-41(26-20-37(53)54,27-21-38(55)56)28-22-39(57)58/h3-31H2,1-2H3,(H7-,42,43,45,46,47,48,49,50,51,52,53,54,55,56,57,58)/p+1. The van der Waals surface area contributed by atoms with Crippen molar-refractivity contribution in [1.82, 2.24) is 10.6 Å². The first-order chi connectivity index (χ1) is 27.3. The van der Waals surface area contributed by atoms with Crippen LogP contribution in [0.15, 0.2) is 0 Å². The summed E-state index contributed by atoms with van der Waals surface area (Å²) in [5.41, 5.74) is -2.98. The van der Waals surface area contributed by atoms with Crippen LogP contribution in [-0.4, -0.2) is 121 Å². The van der Waals surface area contributed by atoms with Crippen molar-refractivity contribution in [3.8, 4) is 0 Å². The van der Waals surface area contributed by atoms with Gasteiger partial charge in [-0.3, -0.25) is 38.4 Å². The minimum atomic E-state index is -1.49. The highest BCUT2D eigenvalue weighted by Crippen LogP contribution is 2.28. The Morgan fingerprint density at radius 2 is 0.621 bits per heavy atom. The second-order valence-corrected chi connectivity index (χ2v) is 16.3. The van der Waals surface area contributed by atoms with Crippen LogP contribution in [0.2, 0.25) is 0 Å². The maximum atomic E-state index is 13.9. The molecule has 0 bridgehead atoms. The molecule has 0 heterocycles. The lowest BCUT2D eigenvalue weighted by molar-refractivity contribution is -0.894. The zero-order valence-electron chi connectivity index (χ0n) is 34.9. The Labute approximate surface area is 342 Å². The summed E-state index contributed by atoms with van der Waals surface area (Å²) in [4.78, 5) is 97.0. The van der Waals surface area contributed by atoms with E-state index in [4.69, 9.17) is 0 Å². The Hall–Kier alpha value is -4.28. The van der Waals surface area contributed by atoms with Crippen LogP contribution < -0.4 is 10.6 Å². The predicted octanol–water partition coefficient (Wildman–Crippen LogP) is 5.81. The third kappa shape index (κ3) is 28.2. The average molecular weight is 831 g/mol. The van der Waals surface area contributed by atoms with E-state index in [2.05, 4.69) is 17.6 Å². The van der Waals surface area contributed by atoms with Crippen molar-refractivity contribution in [2.75, 3.05) is 26.7 Å². The molecular formula is C41H72N3O14+. The largest absolute Gasteiger partial charge is 0.481 e. The molecule has 0 atom stereocenters. The molecular weight excluding hydrogens is 758 g/mol. The van der Waals surface area contributed by atoms with Crippen LogP contribution in [0.25, 0.3) is 0 Å². The molecule has 8 N–H and O–H groups in total. The molecule has 2 amide bonds. The predicted molar refractivity (Wildman–Crippen MR) is 214 cm³/mol. The summed E-state index contributed by atoms with van der Waals surface area (Å²) < 4.78 is -0.213. The number of carbonyl (C=O) groups excluding carboxylic acids is 2. The zero-order valence-corrected chi connectivity index (χ0v) is 34.9. The van der Waals surface area contributed by atoms with Crippen LogP contribution in [0, 0.1) is 0 Å². The van der Waals surface area contributed by atoms with Gasteiger partial charge in [0.2, 0.25) is 0 Å². The Morgan fingerprint density at radius 1 is 0.397 bits per heavy atom. The highest BCUT2D eigenvalue weighted by Gasteiger charge is 2.39. The van der Waals surface area contributed by atoms with E-state index in [1.807, 2.05) is 0 Å².